The highest BCUT2D eigenvalue weighted by Gasteiger charge is 2.27. The third-order valence-corrected chi connectivity index (χ3v) is 7.82. The zero-order valence-corrected chi connectivity index (χ0v) is 20.7. The van der Waals surface area contributed by atoms with Gasteiger partial charge < -0.3 is 15.5 Å². The van der Waals surface area contributed by atoms with E-state index in [-0.39, 0.29) is 17.9 Å². The number of likely N-dealkylation sites (tertiary alicyclic amines) is 1. The van der Waals surface area contributed by atoms with Crippen LogP contribution in [0.15, 0.2) is 48.7 Å². The molecule has 0 saturated carbocycles. The number of rotatable bonds is 6. The van der Waals surface area contributed by atoms with Crippen LogP contribution in [0.3, 0.4) is 0 Å². The van der Waals surface area contributed by atoms with Gasteiger partial charge in [0.05, 0.1) is 17.8 Å². The highest BCUT2D eigenvalue weighted by Crippen LogP contribution is 2.27. The van der Waals surface area contributed by atoms with Gasteiger partial charge in [-0.3, -0.25) is 9.59 Å². The molecule has 35 heavy (non-hydrogen) atoms. The Labute approximate surface area is 210 Å². The third-order valence-electron chi connectivity index (χ3n) is 6.66. The Kier molecular flexibility index (Phi) is 7.37. The van der Waals surface area contributed by atoms with Gasteiger partial charge in [0.15, 0.2) is 0 Å². The summed E-state index contributed by atoms with van der Waals surface area (Å²) >= 11 is 1.78. The van der Waals surface area contributed by atoms with Gasteiger partial charge in [0, 0.05) is 35.8 Å². The lowest BCUT2D eigenvalue weighted by atomic mass is 10.0. The van der Waals surface area contributed by atoms with E-state index >= 15 is 0 Å². The Bertz CT molecular complexity index is 1160. The van der Waals surface area contributed by atoms with Crippen molar-refractivity contribution in [3.05, 3.63) is 75.4 Å². The SMILES string of the molecule is O=C(NC1CCCN(C(=O)c2cccnc2NCc2nc3c(s2)CCCCC3)C1)c1ccccc1. The summed E-state index contributed by atoms with van der Waals surface area (Å²) < 4.78 is 0. The molecule has 1 aliphatic heterocycles. The lowest BCUT2D eigenvalue weighted by Crippen LogP contribution is -2.49. The first-order valence-electron chi connectivity index (χ1n) is 12.5. The summed E-state index contributed by atoms with van der Waals surface area (Å²) in [5, 5.41) is 7.49. The van der Waals surface area contributed by atoms with Gasteiger partial charge in [0.1, 0.15) is 10.8 Å². The number of piperidine rings is 1. The van der Waals surface area contributed by atoms with Crippen LogP contribution in [-0.2, 0) is 19.4 Å². The van der Waals surface area contributed by atoms with E-state index in [2.05, 4.69) is 15.6 Å². The lowest BCUT2D eigenvalue weighted by molar-refractivity contribution is 0.0676. The normalized spacial score (nSPS) is 17.8. The molecule has 2 amide bonds. The van der Waals surface area contributed by atoms with Gasteiger partial charge in [-0.1, -0.05) is 24.6 Å². The third kappa shape index (κ3) is 5.70. The van der Waals surface area contributed by atoms with Gasteiger partial charge in [0.25, 0.3) is 11.8 Å². The monoisotopic (exact) mass is 489 g/mol. The van der Waals surface area contributed by atoms with Crippen molar-refractivity contribution in [3.8, 4) is 0 Å². The molecule has 5 rings (SSSR count). The number of anilines is 1. The zero-order chi connectivity index (χ0) is 24.0. The number of carbonyl (C=O) groups is 2. The first-order chi connectivity index (χ1) is 17.2. The number of benzene rings is 1. The summed E-state index contributed by atoms with van der Waals surface area (Å²) in [4.78, 5) is 38.6. The second kappa shape index (κ2) is 11.0. The number of pyridine rings is 1. The van der Waals surface area contributed by atoms with Crippen LogP contribution < -0.4 is 10.6 Å². The molecule has 2 N–H and O–H groups in total. The lowest BCUT2D eigenvalue weighted by Gasteiger charge is -2.33. The molecule has 2 aromatic heterocycles. The van der Waals surface area contributed by atoms with E-state index in [1.165, 1.54) is 29.8 Å². The van der Waals surface area contributed by atoms with Gasteiger partial charge in [-0.05, 0) is 62.8 Å². The molecular weight excluding hydrogens is 458 g/mol. The van der Waals surface area contributed by atoms with Crippen molar-refractivity contribution in [1.82, 2.24) is 20.2 Å². The highest BCUT2D eigenvalue weighted by molar-refractivity contribution is 7.11. The van der Waals surface area contributed by atoms with Crippen LogP contribution in [0.2, 0.25) is 0 Å². The van der Waals surface area contributed by atoms with Crippen molar-refractivity contribution >= 4 is 29.0 Å². The fraction of sp³-hybridized carbons (Fsp3) is 0.407. The summed E-state index contributed by atoms with van der Waals surface area (Å²) in [5.41, 5.74) is 2.44. The van der Waals surface area contributed by atoms with E-state index in [4.69, 9.17) is 4.98 Å². The summed E-state index contributed by atoms with van der Waals surface area (Å²) in [6.07, 6.45) is 9.33. The summed E-state index contributed by atoms with van der Waals surface area (Å²) in [6, 6.07) is 12.7. The van der Waals surface area contributed by atoms with Crippen molar-refractivity contribution in [2.45, 2.75) is 57.5 Å². The van der Waals surface area contributed by atoms with Crippen LogP contribution in [0, 0.1) is 0 Å². The molecule has 2 aliphatic rings. The quantitative estimate of drug-likeness (QED) is 0.500. The maximum absolute atomic E-state index is 13.5. The molecule has 3 aromatic rings. The van der Waals surface area contributed by atoms with Crippen molar-refractivity contribution in [2.75, 3.05) is 18.4 Å². The largest absolute Gasteiger partial charge is 0.363 e. The number of hydrogen-bond acceptors (Lipinski definition) is 6. The maximum atomic E-state index is 13.5. The number of hydrogen-bond donors (Lipinski definition) is 2. The van der Waals surface area contributed by atoms with Crippen LogP contribution in [0.25, 0.3) is 0 Å². The predicted octanol–water partition coefficient (Wildman–Crippen LogP) is 4.45. The molecule has 7 nitrogen and oxygen atoms in total. The number of nitrogens with one attached hydrogen (secondary N) is 2. The Morgan fingerprint density at radius 3 is 2.77 bits per heavy atom. The summed E-state index contributed by atoms with van der Waals surface area (Å²) in [6.45, 7) is 1.72. The predicted molar refractivity (Wildman–Crippen MR) is 138 cm³/mol. The average molecular weight is 490 g/mol. The Balaban J connectivity index is 1.23. The van der Waals surface area contributed by atoms with Crippen molar-refractivity contribution in [2.24, 2.45) is 0 Å². The number of fused-ring (bicyclic) bond motifs is 1. The molecule has 0 bridgehead atoms. The molecule has 1 atom stereocenters. The van der Waals surface area contributed by atoms with Crippen LogP contribution in [0.1, 0.15) is 68.4 Å². The van der Waals surface area contributed by atoms with Gasteiger partial charge in [0.2, 0.25) is 0 Å². The van der Waals surface area contributed by atoms with E-state index in [1.807, 2.05) is 29.2 Å². The number of aryl methyl sites for hydroxylation is 2. The van der Waals surface area contributed by atoms with Crippen LogP contribution in [0.5, 0.6) is 0 Å². The minimum Gasteiger partial charge on any atom is -0.363 e. The van der Waals surface area contributed by atoms with E-state index in [0.717, 1.165) is 30.7 Å². The summed E-state index contributed by atoms with van der Waals surface area (Å²) in [7, 11) is 0. The molecular formula is C27H31N5O2S. The molecule has 8 heteroatoms. The second-order valence-electron chi connectivity index (χ2n) is 9.22. The Morgan fingerprint density at radius 2 is 1.89 bits per heavy atom. The summed E-state index contributed by atoms with van der Waals surface area (Å²) in [5.74, 6) is 0.419. The second-order valence-corrected chi connectivity index (χ2v) is 10.4. The van der Waals surface area contributed by atoms with E-state index in [0.29, 0.717) is 36.6 Å². The first kappa shape index (κ1) is 23.5. The topological polar surface area (TPSA) is 87.2 Å². The molecule has 3 heterocycles. The average Bonchev–Trinajstić information content (AvgIpc) is 3.16. The zero-order valence-electron chi connectivity index (χ0n) is 19.8. The molecule has 1 fully saturated rings. The minimum absolute atomic E-state index is 0.0609. The van der Waals surface area contributed by atoms with Crippen LogP contribution in [0.4, 0.5) is 5.82 Å². The fourth-order valence-electron chi connectivity index (χ4n) is 4.84. The van der Waals surface area contributed by atoms with Crippen LogP contribution >= 0.6 is 11.3 Å². The Hall–Kier alpha value is -3.26. The first-order valence-corrected chi connectivity index (χ1v) is 13.3. The van der Waals surface area contributed by atoms with E-state index in [1.54, 1.807) is 35.7 Å². The van der Waals surface area contributed by atoms with Gasteiger partial charge in [-0.15, -0.1) is 11.3 Å². The van der Waals surface area contributed by atoms with E-state index in [9.17, 15) is 9.59 Å². The molecule has 0 radical (unpaired) electrons. The number of carbonyl (C=O) groups excluding carboxylic acids is 2. The molecule has 1 unspecified atom stereocenters. The van der Waals surface area contributed by atoms with Crippen molar-refractivity contribution in [1.29, 1.82) is 0 Å². The smallest absolute Gasteiger partial charge is 0.257 e. The van der Waals surface area contributed by atoms with E-state index < -0.39 is 0 Å². The van der Waals surface area contributed by atoms with Gasteiger partial charge >= 0.3 is 0 Å². The van der Waals surface area contributed by atoms with Crippen molar-refractivity contribution in [3.63, 3.8) is 0 Å². The molecule has 1 saturated heterocycles. The van der Waals surface area contributed by atoms with Gasteiger partial charge in [-0.25, -0.2) is 9.97 Å². The number of nitrogens with zero attached hydrogens (tertiary/aromatic N) is 3. The number of amides is 2. The van der Waals surface area contributed by atoms with Crippen LogP contribution in [-0.4, -0.2) is 45.8 Å². The number of aromatic nitrogens is 2. The fourth-order valence-corrected chi connectivity index (χ4v) is 5.94. The Morgan fingerprint density at radius 1 is 1.03 bits per heavy atom. The molecule has 1 aromatic carbocycles. The highest BCUT2D eigenvalue weighted by atomic mass is 32.1. The molecule has 0 spiro atoms. The molecule has 182 valence electrons. The maximum Gasteiger partial charge on any atom is 0.257 e. The van der Waals surface area contributed by atoms with Gasteiger partial charge in [-0.2, -0.15) is 0 Å². The standard InChI is InChI=1S/C27H31N5O2S/c33-26(19-9-3-1-4-10-19)30-20-11-8-16-32(18-20)27(34)21-12-7-15-28-25(21)29-17-24-31-22-13-5-2-6-14-23(22)35-24/h1,3-4,7,9-10,12,15,20H,2,5-6,8,11,13-14,16-18H2,(H,28,29)(H,30,33). The molecule has 1 aliphatic carbocycles. The number of thiazole rings is 1. The minimum atomic E-state index is -0.101. The van der Waals surface area contributed by atoms with Crippen molar-refractivity contribution < 1.29 is 9.59 Å².